The Morgan fingerprint density at radius 3 is 1.19 bits per heavy atom. The Morgan fingerprint density at radius 2 is 0.857 bits per heavy atom. The van der Waals surface area contributed by atoms with Gasteiger partial charge in [-0.15, -0.1) is 70.8 Å². The summed E-state index contributed by atoms with van der Waals surface area (Å²) < 4.78 is 0. The van der Waals surface area contributed by atoms with Gasteiger partial charge in [-0.2, -0.15) is 0 Å². The Labute approximate surface area is 272 Å². The van der Waals surface area contributed by atoms with Gasteiger partial charge in [0.05, 0.1) is 0 Å². The molecule has 0 unspecified atom stereocenters. The fourth-order valence-electron chi connectivity index (χ4n) is 5.39. The number of hydrogen-bond donors (Lipinski definition) is 0. The van der Waals surface area contributed by atoms with Gasteiger partial charge < -0.3 is 0 Å². The SMILES string of the molecule is CCCc1cc2ccccc2[c-]1-c1ccccc1.CCCc1cc2ccccc2[c-]1-c1ccccc1.C[Si]C.[Cl][Ti][Cl]. The first kappa shape index (κ1) is 34.1. The molecule has 0 spiro atoms. The summed E-state index contributed by atoms with van der Waals surface area (Å²) in [5.41, 5.74) is 8.47. The monoisotopic (exact) mass is 642 g/mol. The molecule has 0 bridgehead atoms. The number of aryl methyl sites for hydroxylation is 2. The summed E-state index contributed by atoms with van der Waals surface area (Å²) in [5, 5.41) is 5.49. The van der Waals surface area contributed by atoms with Crippen molar-refractivity contribution in [1.29, 1.82) is 0 Å². The Hall–Kier alpha value is -2.39. The number of fused-ring (bicyclic) bond motifs is 2. The van der Waals surface area contributed by atoms with Crippen LogP contribution in [0, 0.1) is 0 Å². The number of hydrogen-bond acceptors (Lipinski definition) is 0. The molecule has 0 atom stereocenters. The van der Waals surface area contributed by atoms with Crippen molar-refractivity contribution in [3.05, 3.63) is 132 Å². The molecular formula is C38H40Cl2SiTi-2. The van der Waals surface area contributed by atoms with Crippen LogP contribution in [0.2, 0.25) is 13.1 Å². The second kappa shape index (κ2) is 19.0. The van der Waals surface area contributed by atoms with Crippen molar-refractivity contribution in [3.8, 4) is 22.3 Å². The molecule has 0 aliphatic heterocycles. The van der Waals surface area contributed by atoms with E-state index in [1.54, 1.807) is 0 Å². The summed E-state index contributed by atoms with van der Waals surface area (Å²) in [6.45, 7) is 8.79. The van der Waals surface area contributed by atoms with E-state index in [1.165, 1.54) is 67.8 Å². The Morgan fingerprint density at radius 1 is 0.548 bits per heavy atom. The molecule has 0 saturated carbocycles. The zero-order chi connectivity index (χ0) is 30.2. The maximum atomic E-state index is 4.89. The van der Waals surface area contributed by atoms with E-state index >= 15 is 0 Å². The van der Waals surface area contributed by atoms with Crippen LogP contribution in [0.15, 0.2) is 121 Å². The molecule has 4 heteroatoms. The van der Waals surface area contributed by atoms with Gasteiger partial charge in [-0.1, -0.05) is 145 Å². The molecule has 0 saturated heterocycles. The second-order valence-electron chi connectivity index (χ2n) is 10.1. The number of benzene rings is 4. The predicted octanol–water partition coefficient (Wildman–Crippen LogP) is 12.5. The zero-order valence-corrected chi connectivity index (χ0v) is 29.2. The predicted molar refractivity (Wildman–Crippen MR) is 187 cm³/mol. The molecule has 0 aliphatic rings. The Bertz CT molecular complexity index is 1460. The zero-order valence-electron chi connectivity index (χ0n) is 25.1. The van der Waals surface area contributed by atoms with E-state index in [9.17, 15) is 0 Å². The molecule has 216 valence electrons. The van der Waals surface area contributed by atoms with E-state index < -0.39 is 17.0 Å². The summed E-state index contributed by atoms with van der Waals surface area (Å²) >= 11 is -0.556. The van der Waals surface area contributed by atoms with E-state index in [-0.39, 0.29) is 0 Å². The van der Waals surface area contributed by atoms with Crippen LogP contribution in [0.4, 0.5) is 0 Å². The molecular weight excluding hydrogens is 603 g/mol. The molecule has 6 aromatic carbocycles. The van der Waals surface area contributed by atoms with Gasteiger partial charge in [-0.25, -0.2) is 0 Å². The molecule has 2 radical (unpaired) electrons. The third kappa shape index (κ3) is 9.30. The maximum absolute atomic E-state index is 4.89. The van der Waals surface area contributed by atoms with Crippen LogP contribution in [0.1, 0.15) is 37.8 Å². The fraction of sp³-hybridized carbons (Fsp3) is 0.211. The number of halogens is 2. The minimum atomic E-state index is -0.556. The minimum absolute atomic E-state index is 0.556. The molecule has 0 N–H and O–H groups in total. The molecule has 0 aliphatic carbocycles. The van der Waals surface area contributed by atoms with Gasteiger partial charge in [0.2, 0.25) is 0 Å². The molecule has 0 heterocycles. The third-order valence-electron chi connectivity index (χ3n) is 6.93. The van der Waals surface area contributed by atoms with E-state index in [1.807, 2.05) is 0 Å². The van der Waals surface area contributed by atoms with Gasteiger partial charge in [0.1, 0.15) is 0 Å². The van der Waals surface area contributed by atoms with Crippen LogP contribution in [-0.2, 0) is 29.9 Å². The first-order valence-electron chi connectivity index (χ1n) is 14.6. The summed E-state index contributed by atoms with van der Waals surface area (Å²) in [4.78, 5) is 0. The molecule has 0 aromatic heterocycles. The Kier molecular flexibility index (Phi) is 15.4. The fourth-order valence-corrected chi connectivity index (χ4v) is 5.39. The van der Waals surface area contributed by atoms with Crippen LogP contribution in [0.25, 0.3) is 43.8 Å². The van der Waals surface area contributed by atoms with Gasteiger partial charge in [0, 0.05) is 9.52 Å². The van der Waals surface area contributed by atoms with Crippen molar-refractivity contribution in [2.75, 3.05) is 0 Å². The van der Waals surface area contributed by atoms with Crippen LogP contribution < -0.4 is 0 Å². The molecule has 6 rings (SSSR count). The summed E-state index contributed by atoms with van der Waals surface area (Å²) in [5.74, 6) is 0. The molecule has 0 nitrogen and oxygen atoms in total. The van der Waals surface area contributed by atoms with Crippen LogP contribution >= 0.6 is 18.6 Å². The van der Waals surface area contributed by atoms with Crippen molar-refractivity contribution >= 4 is 49.7 Å². The van der Waals surface area contributed by atoms with E-state index in [0.717, 1.165) is 22.4 Å². The third-order valence-corrected chi connectivity index (χ3v) is 6.93. The van der Waals surface area contributed by atoms with Gasteiger partial charge in [0.25, 0.3) is 0 Å². The van der Waals surface area contributed by atoms with E-state index in [4.69, 9.17) is 18.6 Å². The quantitative estimate of drug-likeness (QED) is 0.125. The van der Waals surface area contributed by atoms with Gasteiger partial charge in [-0.05, 0) is 12.8 Å². The van der Waals surface area contributed by atoms with Crippen molar-refractivity contribution in [2.24, 2.45) is 0 Å². The summed E-state index contributed by atoms with van der Waals surface area (Å²) in [6, 6.07) is 43.5. The second-order valence-corrected chi connectivity index (χ2v) is 13.6. The average Bonchev–Trinajstić information content (AvgIpc) is 3.57. The molecule has 0 fully saturated rings. The van der Waals surface area contributed by atoms with Crippen molar-refractivity contribution < 1.29 is 17.0 Å². The van der Waals surface area contributed by atoms with Gasteiger partial charge >= 0.3 is 35.6 Å². The summed E-state index contributed by atoms with van der Waals surface area (Å²) in [6.07, 6.45) is 4.68. The van der Waals surface area contributed by atoms with Crippen LogP contribution in [0.3, 0.4) is 0 Å². The van der Waals surface area contributed by atoms with E-state index in [2.05, 4.69) is 148 Å². The van der Waals surface area contributed by atoms with Crippen LogP contribution in [-0.4, -0.2) is 9.52 Å². The average molecular weight is 644 g/mol. The first-order chi connectivity index (χ1) is 20.6. The van der Waals surface area contributed by atoms with Crippen LogP contribution in [0.5, 0.6) is 0 Å². The van der Waals surface area contributed by atoms with Crippen molar-refractivity contribution in [3.63, 3.8) is 0 Å². The molecule has 0 amide bonds. The van der Waals surface area contributed by atoms with E-state index in [0.29, 0.717) is 0 Å². The topological polar surface area (TPSA) is 0 Å². The molecule has 42 heavy (non-hydrogen) atoms. The van der Waals surface area contributed by atoms with Gasteiger partial charge in [0.15, 0.2) is 0 Å². The van der Waals surface area contributed by atoms with Crippen molar-refractivity contribution in [1.82, 2.24) is 0 Å². The molecule has 6 aromatic rings. The summed E-state index contributed by atoms with van der Waals surface area (Å²) in [7, 11) is 10.9. The standard InChI is InChI=1S/2C18H17.C2H6Si.2ClH.Ti/c2*1-2-8-16-13-15-11-6-7-12-17(15)18(16)14-9-4-3-5-10-14;1-3-2;;;/h2*3-7,9-13H,2,8H2,1H3;1-2H3;2*1H;/q2*-1;;;;+2/p-2. The normalized spacial score (nSPS) is 10.1. The van der Waals surface area contributed by atoms with Gasteiger partial charge in [-0.3, -0.25) is 0 Å². The number of rotatable bonds is 6. The first-order valence-corrected chi connectivity index (χ1v) is 20.9. The Balaban J connectivity index is 0.000000195. The van der Waals surface area contributed by atoms with Crippen molar-refractivity contribution in [2.45, 2.75) is 52.6 Å².